The lowest BCUT2D eigenvalue weighted by molar-refractivity contribution is 0.0690. The highest BCUT2D eigenvalue weighted by atomic mass is 32.1. The van der Waals surface area contributed by atoms with Gasteiger partial charge in [-0.25, -0.2) is 0 Å². The van der Waals surface area contributed by atoms with Crippen LogP contribution in [0.4, 0.5) is 0 Å². The van der Waals surface area contributed by atoms with Crippen molar-refractivity contribution in [3.63, 3.8) is 0 Å². The van der Waals surface area contributed by atoms with Gasteiger partial charge in [0, 0.05) is 16.9 Å². The molecule has 18 heavy (non-hydrogen) atoms. The number of ether oxygens (including phenoxy) is 1. The molecule has 0 amide bonds. The molecule has 1 aromatic carbocycles. The van der Waals surface area contributed by atoms with Crippen LogP contribution in [-0.2, 0) is 4.74 Å². The van der Waals surface area contributed by atoms with Crippen LogP contribution >= 0.6 is 11.3 Å². The van der Waals surface area contributed by atoms with E-state index in [-0.39, 0.29) is 17.8 Å². The monoisotopic (exact) mass is 260 g/mol. The number of rotatable bonds is 3. The molecule has 0 radical (unpaired) electrons. The molecule has 2 heterocycles. The first kappa shape index (κ1) is 11.9. The number of ketones is 1. The van der Waals surface area contributed by atoms with Crippen LogP contribution in [-0.4, -0.2) is 18.5 Å². The van der Waals surface area contributed by atoms with E-state index in [1.807, 2.05) is 17.5 Å². The number of carbonyl (C=O) groups excluding carboxylic acids is 1. The maximum atomic E-state index is 12.7. The first-order chi connectivity index (χ1) is 8.81. The first-order valence-corrected chi connectivity index (χ1v) is 7.31. The second-order valence-corrected chi connectivity index (χ2v) is 5.64. The highest BCUT2D eigenvalue weighted by Crippen LogP contribution is 2.31. The lowest BCUT2D eigenvalue weighted by Gasteiger charge is -2.15. The van der Waals surface area contributed by atoms with Gasteiger partial charge in [-0.15, -0.1) is 11.3 Å². The predicted molar refractivity (Wildman–Crippen MR) is 74.3 cm³/mol. The maximum absolute atomic E-state index is 12.7. The Kier molecular flexibility index (Phi) is 3.18. The summed E-state index contributed by atoms with van der Waals surface area (Å²) in [5, 5.41) is 3.21. The molecule has 3 heteroatoms. The van der Waals surface area contributed by atoms with Gasteiger partial charge in [-0.2, -0.15) is 0 Å². The fourth-order valence-electron chi connectivity index (χ4n) is 2.74. The van der Waals surface area contributed by atoms with Gasteiger partial charge in [0.2, 0.25) is 0 Å². The molecule has 1 saturated heterocycles. The fraction of sp³-hybridized carbons (Fsp3) is 0.400. The van der Waals surface area contributed by atoms with E-state index >= 15 is 0 Å². The Hall–Kier alpha value is -1.19. The highest BCUT2D eigenvalue weighted by Gasteiger charge is 2.33. The average Bonchev–Trinajstić information content (AvgIpc) is 3.05. The number of fused-ring (bicyclic) bond motifs is 1. The van der Waals surface area contributed by atoms with Crippen molar-refractivity contribution >= 4 is 27.2 Å². The highest BCUT2D eigenvalue weighted by molar-refractivity contribution is 7.17. The van der Waals surface area contributed by atoms with E-state index in [1.54, 1.807) is 11.3 Å². The van der Waals surface area contributed by atoms with E-state index in [9.17, 15) is 4.79 Å². The molecule has 0 saturated carbocycles. The van der Waals surface area contributed by atoms with Crippen LogP contribution in [0.2, 0.25) is 0 Å². The number of hydrogen-bond acceptors (Lipinski definition) is 3. The van der Waals surface area contributed by atoms with Crippen molar-refractivity contribution in [2.75, 3.05) is 6.61 Å². The smallest absolute Gasteiger partial charge is 0.170 e. The van der Waals surface area contributed by atoms with Crippen LogP contribution in [0.3, 0.4) is 0 Å². The summed E-state index contributed by atoms with van der Waals surface area (Å²) in [7, 11) is 0. The summed E-state index contributed by atoms with van der Waals surface area (Å²) in [6.45, 7) is 2.80. The van der Waals surface area contributed by atoms with Gasteiger partial charge in [0.15, 0.2) is 5.78 Å². The van der Waals surface area contributed by atoms with Gasteiger partial charge in [-0.1, -0.05) is 19.1 Å². The Balaban J connectivity index is 1.99. The van der Waals surface area contributed by atoms with Crippen LogP contribution in [0, 0.1) is 5.92 Å². The van der Waals surface area contributed by atoms with E-state index in [4.69, 9.17) is 4.74 Å². The molecule has 0 N–H and O–H groups in total. The van der Waals surface area contributed by atoms with Crippen molar-refractivity contribution in [1.29, 1.82) is 0 Å². The fourth-order valence-corrected chi connectivity index (χ4v) is 3.66. The van der Waals surface area contributed by atoms with Gasteiger partial charge in [0.25, 0.3) is 0 Å². The van der Waals surface area contributed by atoms with Gasteiger partial charge in [0.1, 0.15) is 0 Å². The van der Waals surface area contributed by atoms with Crippen molar-refractivity contribution in [2.45, 2.75) is 25.9 Å². The summed E-state index contributed by atoms with van der Waals surface area (Å²) in [5.74, 6) is 0.301. The molecule has 0 bridgehead atoms. The molecule has 1 aliphatic rings. The van der Waals surface area contributed by atoms with E-state index in [2.05, 4.69) is 19.1 Å². The van der Waals surface area contributed by atoms with Crippen LogP contribution in [0.15, 0.2) is 29.6 Å². The first-order valence-electron chi connectivity index (χ1n) is 6.43. The third-order valence-corrected chi connectivity index (χ3v) is 4.66. The van der Waals surface area contributed by atoms with E-state index in [0.717, 1.165) is 35.1 Å². The van der Waals surface area contributed by atoms with Crippen LogP contribution in [0.25, 0.3) is 10.1 Å². The van der Waals surface area contributed by atoms with Crippen LogP contribution in [0.5, 0.6) is 0 Å². The molecule has 3 rings (SSSR count). The number of thiophene rings is 1. The minimum absolute atomic E-state index is 0.0442. The summed E-state index contributed by atoms with van der Waals surface area (Å²) in [6.07, 6.45) is 1.88. The van der Waals surface area contributed by atoms with Gasteiger partial charge in [0.05, 0.1) is 12.0 Å². The summed E-state index contributed by atoms with van der Waals surface area (Å²) in [6, 6.07) is 8.05. The minimum Gasteiger partial charge on any atom is -0.377 e. The second-order valence-electron chi connectivity index (χ2n) is 4.72. The predicted octanol–water partition coefficient (Wildman–Crippen LogP) is 3.90. The Labute approximate surface area is 111 Å². The molecule has 2 aromatic rings. The standard InChI is InChI=1S/C15H16O2S/c1-2-13-11(6-8-17-13)14(16)12-5-3-4-10-7-9-18-15(10)12/h3-5,7,9,11,13H,2,6,8H2,1H3. The van der Waals surface area contributed by atoms with Crippen molar-refractivity contribution in [2.24, 2.45) is 5.92 Å². The Morgan fingerprint density at radius 1 is 1.44 bits per heavy atom. The summed E-state index contributed by atoms with van der Waals surface area (Å²) < 4.78 is 6.75. The maximum Gasteiger partial charge on any atom is 0.170 e. The minimum atomic E-state index is 0.0442. The molecule has 1 aliphatic heterocycles. The lowest BCUT2D eigenvalue weighted by atomic mass is 9.90. The number of Topliss-reactive ketones (excluding diaryl/α,β-unsaturated/α-hetero) is 1. The zero-order valence-electron chi connectivity index (χ0n) is 10.4. The third kappa shape index (κ3) is 1.88. The van der Waals surface area contributed by atoms with E-state index in [1.165, 1.54) is 0 Å². The van der Waals surface area contributed by atoms with E-state index < -0.39 is 0 Å². The van der Waals surface area contributed by atoms with Crippen molar-refractivity contribution in [1.82, 2.24) is 0 Å². The van der Waals surface area contributed by atoms with Crippen LogP contribution < -0.4 is 0 Å². The van der Waals surface area contributed by atoms with Gasteiger partial charge >= 0.3 is 0 Å². The molecule has 0 aliphatic carbocycles. The molecule has 94 valence electrons. The number of carbonyl (C=O) groups is 1. The normalized spacial score (nSPS) is 23.6. The Morgan fingerprint density at radius 2 is 2.33 bits per heavy atom. The number of hydrogen-bond donors (Lipinski definition) is 0. The molecule has 2 atom stereocenters. The second kappa shape index (κ2) is 4.82. The lowest BCUT2D eigenvalue weighted by Crippen LogP contribution is -2.23. The largest absolute Gasteiger partial charge is 0.377 e. The molecule has 2 unspecified atom stereocenters. The van der Waals surface area contributed by atoms with E-state index in [0.29, 0.717) is 0 Å². The quantitative estimate of drug-likeness (QED) is 0.782. The zero-order chi connectivity index (χ0) is 12.5. The molecular formula is C15H16O2S. The van der Waals surface area contributed by atoms with Gasteiger partial charge in [-0.05, 0) is 35.7 Å². The SMILES string of the molecule is CCC1OCCC1C(=O)c1cccc2ccsc12. The van der Waals surface area contributed by atoms with Crippen LogP contribution in [0.1, 0.15) is 30.1 Å². The summed E-state index contributed by atoms with van der Waals surface area (Å²) >= 11 is 1.65. The van der Waals surface area contributed by atoms with Crippen molar-refractivity contribution in [3.8, 4) is 0 Å². The molecule has 0 spiro atoms. The van der Waals surface area contributed by atoms with Gasteiger partial charge < -0.3 is 4.74 Å². The van der Waals surface area contributed by atoms with Crippen molar-refractivity contribution < 1.29 is 9.53 Å². The molecular weight excluding hydrogens is 244 g/mol. The topological polar surface area (TPSA) is 26.3 Å². The molecule has 1 fully saturated rings. The molecule has 2 nitrogen and oxygen atoms in total. The van der Waals surface area contributed by atoms with Gasteiger partial charge in [-0.3, -0.25) is 4.79 Å². The summed E-state index contributed by atoms with van der Waals surface area (Å²) in [5.41, 5.74) is 0.872. The number of benzene rings is 1. The summed E-state index contributed by atoms with van der Waals surface area (Å²) in [4.78, 5) is 12.7. The molecule has 1 aromatic heterocycles. The zero-order valence-corrected chi connectivity index (χ0v) is 11.2. The van der Waals surface area contributed by atoms with Crippen molar-refractivity contribution in [3.05, 3.63) is 35.2 Å². The average molecular weight is 260 g/mol. The Morgan fingerprint density at radius 3 is 3.17 bits per heavy atom. The Bertz CT molecular complexity index is 573. The third-order valence-electron chi connectivity index (χ3n) is 3.69.